The second kappa shape index (κ2) is 7.29. The van der Waals surface area contributed by atoms with Crippen LogP contribution in [0.4, 0.5) is 4.79 Å². The van der Waals surface area contributed by atoms with Crippen LogP contribution in [-0.2, 0) is 4.74 Å². The zero-order chi connectivity index (χ0) is 11.6. The van der Waals surface area contributed by atoms with Crippen LogP contribution in [-0.4, -0.2) is 12.8 Å². The zero-order valence-corrected chi connectivity index (χ0v) is 9.13. The van der Waals surface area contributed by atoms with Crippen molar-refractivity contribution >= 4 is 6.16 Å². The number of hydrogen-bond donors (Lipinski definition) is 0. The smallest absolute Gasteiger partial charge is 0.430 e. The summed E-state index contributed by atoms with van der Waals surface area (Å²) in [4.78, 5) is 11.1. The molecule has 0 amide bonds. The van der Waals surface area contributed by atoms with E-state index in [0.29, 0.717) is 5.75 Å². The van der Waals surface area contributed by atoms with E-state index in [0.717, 1.165) is 0 Å². The van der Waals surface area contributed by atoms with Gasteiger partial charge < -0.3 is 9.47 Å². The Labute approximate surface area is 95.0 Å². The molecule has 1 rings (SSSR count). The number of carbonyl (C=O) groups excluding carboxylic acids is 1. The van der Waals surface area contributed by atoms with E-state index in [1.54, 1.807) is 36.4 Å². The van der Waals surface area contributed by atoms with Crippen LogP contribution in [0.2, 0.25) is 0 Å². The van der Waals surface area contributed by atoms with Crippen LogP contribution in [0, 0.1) is 0 Å². The minimum atomic E-state index is -0.698. The first-order valence-electron chi connectivity index (χ1n) is 5.00. The molecule has 0 radical (unpaired) electrons. The molecule has 0 aliphatic carbocycles. The van der Waals surface area contributed by atoms with Crippen LogP contribution in [0.15, 0.2) is 54.6 Å². The maximum Gasteiger partial charge on any atom is 0.514 e. The van der Waals surface area contributed by atoms with Gasteiger partial charge in [0.15, 0.2) is 0 Å². The summed E-state index contributed by atoms with van der Waals surface area (Å²) in [6.07, 6.45) is 6.57. The highest BCUT2D eigenvalue weighted by atomic mass is 16.7. The number of hydrogen-bond acceptors (Lipinski definition) is 3. The second-order valence-corrected chi connectivity index (χ2v) is 2.93. The topological polar surface area (TPSA) is 35.5 Å². The van der Waals surface area contributed by atoms with E-state index >= 15 is 0 Å². The molecule has 0 aromatic heterocycles. The predicted molar refractivity (Wildman–Crippen MR) is 62.4 cm³/mol. The van der Waals surface area contributed by atoms with Crippen molar-refractivity contribution in [1.29, 1.82) is 0 Å². The van der Waals surface area contributed by atoms with Gasteiger partial charge in [-0.25, -0.2) is 4.79 Å². The van der Waals surface area contributed by atoms with Crippen molar-refractivity contribution in [2.24, 2.45) is 0 Å². The Bertz CT molecular complexity index is 366. The van der Waals surface area contributed by atoms with Crippen LogP contribution in [0.1, 0.15) is 6.92 Å². The Morgan fingerprint density at radius 1 is 1.25 bits per heavy atom. The fourth-order valence-electron chi connectivity index (χ4n) is 0.976. The van der Waals surface area contributed by atoms with Crippen molar-refractivity contribution in [3.8, 4) is 5.75 Å². The second-order valence-electron chi connectivity index (χ2n) is 2.93. The molecule has 0 fully saturated rings. The summed E-state index contributed by atoms with van der Waals surface area (Å²) in [6.45, 7) is 2.12. The lowest BCUT2D eigenvalue weighted by Gasteiger charge is -2.02. The largest absolute Gasteiger partial charge is 0.514 e. The fourth-order valence-corrected chi connectivity index (χ4v) is 0.976. The molecule has 0 aliphatic rings. The predicted octanol–water partition coefficient (Wildman–Crippen LogP) is 3.33. The van der Waals surface area contributed by atoms with Gasteiger partial charge in [0.1, 0.15) is 12.4 Å². The van der Waals surface area contributed by atoms with Crippen LogP contribution in [0.25, 0.3) is 0 Å². The van der Waals surface area contributed by atoms with Gasteiger partial charge in [0.2, 0.25) is 0 Å². The summed E-state index contributed by atoms with van der Waals surface area (Å²) >= 11 is 0. The standard InChI is InChI=1S/C13H14O3/c1-2-3-4-8-11-15-13(14)16-12-9-6-5-7-10-12/h2-10H,11H2,1H3. The highest BCUT2D eigenvalue weighted by Gasteiger charge is 2.03. The van der Waals surface area contributed by atoms with E-state index in [1.807, 2.05) is 25.1 Å². The monoisotopic (exact) mass is 218 g/mol. The van der Waals surface area contributed by atoms with Crippen LogP contribution in [0.3, 0.4) is 0 Å². The normalized spacial score (nSPS) is 10.8. The molecule has 3 nitrogen and oxygen atoms in total. The average Bonchev–Trinajstić information content (AvgIpc) is 2.30. The molecule has 1 aromatic carbocycles. The van der Waals surface area contributed by atoms with Crippen molar-refractivity contribution in [2.75, 3.05) is 6.61 Å². The van der Waals surface area contributed by atoms with E-state index in [4.69, 9.17) is 9.47 Å². The van der Waals surface area contributed by atoms with Gasteiger partial charge in [-0.1, -0.05) is 36.4 Å². The number of allylic oxidation sites excluding steroid dienone is 3. The van der Waals surface area contributed by atoms with Crippen molar-refractivity contribution in [1.82, 2.24) is 0 Å². The summed E-state index contributed by atoms with van der Waals surface area (Å²) in [5.74, 6) is 0.477. The number of rotatable bonds is 4. The van der Waals surface area contributed by atoms with E-state index in [-0.39, 0.29) is 6.61 Å². The third-order valence-corrected chi connectivity index (χ3v) is 1.68. The number of carbonyl (C=O) groups is 1. The van der Waals surface area contributed by atoms with Gasteiger partial charge in [0.25, 0.3) is 0 Å². The maximum atomic E-state index is 11.1. The van der Waals surface area contributed by atoms with Crippen molar-refractivity contribution < 1.29 is 14.3 Å². The Balaban J connectivity index is 2.26. The van der Waals surface area contributed by atoms with Crippen molar-refractivity contribution in [2.45, 2.75) is 6.92 Å². The van der Waals surface area contributed by atoms with Gasteiger partial charge in [0, 0.05) is 0 Å². The SMILES string of the molecule is CC=CC=CCOC(=O)Oc1ccccc1. The van der Waals surface area contributed by atoms with E-state index in [9.17, 15) is 4.79 Å². The lowest BCUT2D eigenvalue weighted by atomic mass is 10.3. The molecule has 0 unspecified atom stereocenters. The lowest BCUT2D eigenvalue weighted by molar-refractivity contribution is 0.109. The van der Waals surface area contributed by atoms with Crippen molar-refractivity contribution in [3.63, 3.8) is 0 Å². The van der Waals surface area contributed by atoms with E-state index in [2.05, 4.69) is 0 Å². The highest BCUT2D eigenvalue weighted by molar-refractivity contribution is 5.63. The Kier molecular flexibility index (Phi) is 5.48. The first-order chi connectivity index (χ1) is 7.83. The zero-order valence-electron chi connectivity index (χ0n) is 9.13. The summed E-state index contributed by atoms with van der Waals surface area (Å²) in [5, 5.41) is 0. The quantitative estimate of drug-likeness (QED) is 0.441. The molecule has 0 bridgehead atoms. The molecule has 0 saturated heterocycles. The van der Waals surface area contributed by atoms with E-state index in [1.165, 1.54) is 0 Å². The molecule has 0 saturated carbocycles. The summed E-state index contributed by atoms with van der Waals surface area (Å²) in [7, 11) is 0. The van der Waals surface area contributed by atoms with Crippen LogP contribution < -0.4 is 4.74 Å². The molecule has 0 N–H and O–H groups in total. The fraction of sp³-hybridized carbons (Fsp3) is 0.154. The molecular weight excluding hydrogens is 204 g/mol. The van der Waals surface area contributed by atoms with Crippen LogP contribution in [0.5, 0.6) is 5.75 Å². The number of para-hydroxylation sites is 1. The molecular formula is C13H14O3. The van der Waals surface area contributed by atoms with Gasteiger partial charge in [-0.2, -0.15) is 0 Å². The molecule has 84 valence electrons. The molecule has 0 heterocycles. The molecule has 0 aliphatic heterocycles. The molecule has 1 aromatic rings. The van der Waals surface area contributed by atoms with Gasteiger partial charge in [-0.05, 0) is 25.1 Å². The Morgan fingerprint density at radius 2 is 2.00 bits per heavy atom. The number of ether oxygens (including phenoxy) is 2. The molecule has 0 atom stereocenters. The highest BCUT2D eigenvalue weighted by Crippen LogP contribution is 2.08. The number of benzene rings is 1. The molecule has 16 heavy (non-hydrogen) atoms. The van der Waals surface area contributed by atoms with E-state index < -0.39 is 6.16 Å². The van der Waals surface area contributed by atoms with Gasteiger partial charge in [0.05, 0.1) is 0 Å². The summed E-state index contributed by atoms with van der Waals surface area (Å²) in [6, 6.07) is 8.80. The van der Waals surface area contributed by atoms with Crippen LogP contribution >= 0.6 is 0 Å². The average molecular weight is 218 g/mol. The first kappa shape index (κ1) is 12.0. The Hall–Kier alpha value is -2.03. The molecule has 3 heteroatoms. The third kappa shape index (κ3) is 5.00. The first-order valence-corrected chi connectivity index (χ1v) is 5.00. The Morgan fingerprint density at radius 3 is 2.69 bits per heavy atom. The van der Waals surface area contributed by atoms with Gasteiger partial charge in [-0.15, -0.1) is 0 Å². The van der Waals surface area contributed by atoms with Crippen molar-refractivity contribution in [3.05, 3.63) is 54.6 Å². The molecule has 0 spiro atoms. The van der Waals surface area contributed by atoms with Gasteiger partial charge >= 0.3 is 6.16 Å². The maximum absolute atomic E-state index is 11.1. The van der Waals surface area contributed by atoms with Gasteiger partial charge in [-0.3, -0.25) is 0 Å². The third-order valence-electron chi connectivity index (χ3n) is 1.68. The minimum absolute atomic E-state index is 0.204. The summed E-state index contributed by atoms with van der Waals surface area (Å²) in [5.41, 5.74) is 0. The minimum Gasteiger partial charge on any atom is -0.430 e. The lowest BCUT2D eigenvalue weighted by Crippen LogP contribution is -2.10. The summed E-state index contributed by atoms with van der Waals surface area (Å²) < 4.78 is 9.72.